The Morgan fingerprint density at radius 3 is 1.35 bits per heavy atom. The molecule has 454 valence electrons. The highest BCUT2D eigenvalue weighted by molar-refractivity contribution is 6.75. The molecule has 0 unspecified atom stereocenters. The van der Waals surface area contributed by atoms with E-state index in [0.717, 1.165) is 0 Å². The van der Waals surface area contributed by atoms with Crippen LogP contribution in [0.3, 0.4) is 0 Å². The van der Waals surface area contributed by atoms with E-state index in [9.17, 15) is 25.8 Å². The number of nitrogens with zero attached hydrogens (tertiary/aromatic N) is 16. The quantitative estimate of drug-likeness (QED) is 0.0244. The number of hydrogen-bond acceptors (Lipinski definition) is 16. The van der Waals surface area contributed by atoms with Crippen LogP contribution in [0.15, 0.2) is 122 Å². The lowest BCUT2D eigenvalue weighted by Crippen LogP contribution is -2.49. The molecule has 0 saturated carbocycles. The summed E-state index contributed by atoms with van der Waals surface area (Å²) in [6.45, 7) is 40.2. The van der Waals surface area contributed by atoms with Gasteiger partial charge in [0.15, 0.2) is 71.4 Å². The van der Waals surface area contributed by atoms with Gasteiger partial charge in [-0.15, -0.1) is 13.2 Å². The van der Waals surface area contributed by atoms with Gasteiger partial charge in [0.25, 0.3) is 11.8 Å². The average Bonchev–Trinajstić information content (AvgIpc) is 1.85. The molecule has 8 rings (SSSR count). The summed E-state index contributed by atoms with van der Waals surface area (Å²) >= 11 is 0. The van der Waals surface area contributed by atoms with Gasteiger partial charge in [-0.25, -0.2) is 29.9 Å². The molecule has 6 aromatic rings. The van der Waals surface area contributed by atoms with E-state index in [1.54, 1.807) is 70.3 Å². The van der Waals surface area contributed by atoms with Crippen molar-refractivity contribution in [2.45, 2.75) is 166 Å². The molecule has 0 bridgehead atoms. The molecule has 1 N–H and O–H groups in total. The van der Waals surface area contributed by atoms with Gasteiger partial charge in [0.1, 0.15) is 24.9 Å². The van der Waals surface area contributed by atoms with Gasteiger partial charge >= 0.3 is 0 Å². The lowest BCUT2D eigenvalue weighted by molar-refractivity contribution is -0.0462. The summed E-state index contributed by atoms with van der Waals surface area (Å²) in [7, 11) is -6.93. The number of aliphatic hydroxyl groups is 1. The van der Waals surface area contributed by atoms with Gasteiger partial charge in [0.2, 0.25) is 0 Å². The summed E-state index contributed by atoms with van der Waals surface area (Å²) < 4.78 is 36.7. The largest absolute Gasteiger partial charge is 0.414 e. The number of benzene rings is 2. The molecular weight excluding hydrogens is 1130 g/mol. The maximum Gasteiger partial charge on any atom is 0.259 e. The van der Waals surface area contributed by atoms with E-state index in [0.29, 0.717) is 45.1 Å². The molecular formula is C58H82N16O8Si3. The van der Waals surface area contributed by atoms with Gasteiger partial charge < -0.3 is 27.9 Å². The molecule has 4 aromatic heterocycles. The number of rotatable bonds is 20. The molecule has 2 amide bonds. The van der Waals surface area contributed by atoms with Crippen LogP contribution in [-0.2, 0) is 22.8 Å². The van der Waals surface area contributed by atoms with E-state index in [1.165, 1.54) is 22.5 Å². The molecule has 27 heteroatoms. The summed E-state index contributed by atoms with van der Waals surface area (Å²) in [5, 5.41) is 18.0. The van der Waals surface area contributed by atoms with E-state index in [-0.39, 0.29) is 53.2 Å². The maximum absolute atomic E-state index is 13.6. The van der Waals surface area contributed by atoms with Crippen molar-refractivity contribution in [2.24, 2.45) is 10.2 Å². The first-order valence-electron chi connectivity index (χ1n) is 28.3. The molecule has 2 aromatic carbocycles. The molecule has 85 heavy (non-hydrogen) atoms. The summed E-state index contributed by atoms with van der Waals surface area (Å²) in [5.74, 6) is 0.169. The Morgan fingerprint density at radius 1 is 0.624 bits per heavy atom. The fourth-order valence-corrected chi connectivity index (χ4v) is 12.7. The second-order valence-corrected chi connectivity index (χ2v) is 40.0. The smallest absolute Gasteiger partial charge is 0.259 e. The normalized spacial score (nSPS) is 21.1. The first-order valence-corrected chi connectivity index (χ1v) is 37.0. The highest BCUT2D eigenvalue weighted by Gasteiger charge is 2.53. The second-order valence-electron chi connectivity index (χ2n) is 25.6. The topological polar surface area (TPSA) is 292 Å². The molecule has 8 atom stereocenters. The monoisotopic (exact) mass is 1210 g/mol. The number of carbonyl (C=O) groups excluding carboxylic acids is 2. The minimum Gasteiger partial charge on any atom is -0.414 e. The average molecular weight is 1220 g/mol. The number of carbonyl (C=O) groups is 2. The molecule has 2 saturated heterocycles. The van der Waals surface area contributed by atoms with E-state index >= 15 is 0 Å². The molecule has 2 aliphatic rings. The Bertz CT molecular complexity index is 3420. The van der Waals surface area contributed by atoms with Crippen LogP contribution in [0.25, 0.3) is 43.2 Å². The van der Waals surface area contributed by atoms with Crippen LogP contribution in [0.5, 0.6) is 0 Å². The van der Waals surface area contributed by atoms with Crippen LogP contribution in [0.2, 0.25) is 54.4 Å². The number of fused-ring (bicyclic) bond motifs is 2. The first-order chi connectivity index (χ1) is 40.0. The Morgan fingerprint density at radius 2 is 1.00 bits per heavy atom. The molecule has 24 nitrogen and oxygen atoms in total. The molecule has 2 aliphatic heterocycles. The van der Waals surface area contributed by atoms with Crippen LogP contribution in [0, 0.1) is 0 Å². The van der Waals surface area contributed by atoms with Crippen molar-refractivity contribution in [1.29, 1.82) is 0 Å². The Balaban J connectivity index is 0.000000247. The fraction of sp³-hybridized carbons (Fsp3) is 0.517. The summed E-state index contributed by atoms with van der Waals surface area (Å²) in [5.41, 5.74) is 21.7. The summed E-state index contributed by atoms with van der Waals surface area (Å²) in [6, 6.07) is 16.5. The van der Waals surface area contributed by atoms with Crippen molar-refractivity contribution in [3.05, 3.63) is 143 Å². The van der Waals surface area contributed by atoms with Gasteiger partial charge in [-0.1, -0.05) is 121 Å². The first kappa shape index (κ1) is 65.5. The van der Waals surface area contributed by atoms with Gasteiger partial charge in [-0.3, -0.25) is 28.5 Å². The Labute approximate surface area is 500 Å². The Kier molecular flexibility index (Phi) is 20.3. The maximum atomic E-state index is 13.6. The predicted octanol–water partition coefficient (Wildman–Crippen LogP) is 12.3. The van der Waals surface area contributed by atoms with Crippen LogP contribution < -0.4 is 9.80 Å². The van der Waals surface area contributed by atoms with Gasteiger partial charge in [0.05, 0.1) is 50.2 Å². The second kappa shape index (κ2) is 26.3. The number of azide groups is 2. The number of aromatic nitrogens is 8. The van der Waals surface area contributed by atoms with Crippen LogP contribution >= 0.6 is 0 Å². The number of anilines is 2. The number of hydrogen-bond donors (Lipinski definition) is 1. The van der Waals surface area contributed by atoms with Gasteiger partial charge in [-0.2, -0.15) is 0 Å². The van der Waals surface area contributed by atoms with E-state index in [2.05, 4.69) is 160 Å². The van der Waals surface area contributed by atoms with Crippen molar-refractivity contribution in [3.8, 4) is 0 Å². The number of aliphatic hydroxyl groups excluding tert-OH is 1. The third-order valence-corrected chi connectivity index (χ3v) is 30.4. The Hall–Kier alpha value is -7.01. The molecule has 0 aliphatic carbocycles. The van der Waals surface area contributed by atoms with Gasteiger partial charge in [-0.05, 0) is 89.7 Å². The number of imidazole rings is 2. The van der Waals surface area contributed by atoms with Crippen molar-refractivity contribution in [2.75, 3.05) is 36.1 Å². The van der Waals surface area contributed by atoms with Crippen LogP contribution in [0.4, 0.5) is 11.6 Å². The van der Waals surface area contributed by atoms with E-state index in [1.807, 2.05) is 24.3 Å². The van der Waals surface area contributed by atoms with Crippen molar-refractivity contribution in [3.63, 3.8) is 0 Å². The molecule has 2 fully saturated rings. The highest BCUT2D eigenvalue weighted by atomic mass is 28.4. The summed E-state index contributed by atoms with van der Waals surface area (Å²) in [6.07, 6.45) is 4.97. The minimum absolute atomic E-state index is 0.0155. The highest BCUT2D eigenvalue weighted by Crippen LogP contribution is 2.46. The standard InChI is InChI=1S/C32H48N8O4Si2.C26H34N8O4Si/c1-12-18-39(29(41)22-16-14-13-15-17-22)27-25-28(35-20-34-27)40(21-36-25)30-26(44-46(10,11)32(5,6)7)24(37-38-33)23(43-30)19-42-45(8,9)31(2,3)4;1-7-13-33(24(36)17-11-9-8-10-12-17)22-20-23(29-15-28-22)34(16-30-20)25-21(38-39(5,6)26(2,3)4)19(31-32-27)18(14-35)37-25/h12-17,20-21,23-24,26,30H,1,18-19H2,2-11H3;7-12,15-16,18-19,21,25,35H,1,13-14H2,2-6H3/t23-,24-,26-,30-;18-,19-,21-,25-/m11/s1. The number of ether oxygens (including phenoxy) is 2. The van der Waals surface area contributed by atoms with E-state index < -0.39 is 73.9 Å². The molecule has 0 spiro atoms. The third kappa shape index (κ3) is 14.0. The van der Waals surface area contributed by atoms with Gasteiger partial charge in [0, 0.05) is 34.0 Å². The minimum atomic E-state index is -2.40. The van der Waals surface area contributed by atoms with Crippen LogP contribution in [0.1, 0.15) is 95.5 Å². The zero-order valence-corrected chi connectivity index (χ0v) is 54.6. The van der Waals surface area contributed by atoms with E-state index in [4.69, 9.17) is 27.7 Å². The van der Waals surface area contributed by atoms with Crippen LogP contribution in [-0.4, -0.2) is 144 Å². The summed E-state index contributed by atoms with van der Waals surface area (Å²) in [4.78, 5) is 63.5. The fourth-order valence-electron chi connectivity index (χ4n) is 9.08. The van der Waals surface area contributed by atoms with Crippen molar-refractivity contribution in [1.82, 2.24) is 39.0 Å². The van der Waals surface area contributed by atoms with Crippen molar-refractivity contribution < 1.29 is 37.4 Å². The zero-order chi connectivity index (χ0) is 62.5. The predicted molar refractivity (Wildman–Crippen MR) is 335 cm³/mol. The molecule has 0 radical (unpaired) electrons. The SMILES string of the molecule is C=CCN(C(=O)c1ccccc1)c1ncnc2c1ncn2[C@@H]1O[C@H](CO)[C@@H](N=[N+]=[N-])[C@H]1O[Si](C)(C)C(C)(C)C.C=CCN(C(=O)c1ccccc1)c1ncnc2c1ncn2[C@@H]1O[C@H](CO[Si](C)(C)C(C)(C)C)[C@@H](N=[N+]=[N-])[C@H]1O[Si](C)(C)C(C)(C)C. The molecule has 6 heterocycles. The van der Waals surface area contributed by atoms with Crippen molar-refractivity contribution >= 4 is 70.7 Å². The lowest BCUT2D eigenvalue weighted by atomic mass is 10.1. The zero-order valence-electron chi connectivity index (χ0n) is 51.6. The number of amides is 2. The lowest BCUT2D eigenvalue weighted by Gasteiger charge is -2.40. The third-order valence-electron chi connectivity index (χ3n) is 17.0.